The van der Waals surface area contributed by atoms with Crippen molar-refractivity contribution in [1.29, 1.82) is 0 Å². The van der Waals surface area contributed by atoms with Gasteiger partial charge in [-0.3, -0.25) is 0 Å². The van der Waals surface area contributed by atoms with Crippen LogP contribution in [-0.2, 0) is 30.3 Å². The molecule has 3 rings (SSSR count). The maximum absolute atomic E-state index is 14.8. The average Bonchev–Trinajstić information content (AvgIpc) is 3.09. The van der Waals surface area contributed by atoms with Gasteiger partial charge >= 0.3 is 17.9 Å². The van der Waals surface area contributed by atoms with Crippen LogP contribution in [0.3, 0.4) is 0 Å². The van der Waals surface area contributed by atoms with Gasteiger partial charge in [-0.1, -0.05) is 37.9 Å². The zero-order valence-corrected chi connectivity index (χ0v) is 19.3. The van der Waals surface area contributed by atoms with Crippen LogP contribution < -0.4 is 4.74 Å². The fourth-order valence-corrected chi connectivity index (χ4v) is 3.44. The topological polar surface area (TPSA) is 78.9 Å². The van der Waals surface area contributed by atoms with Gasteiger partial charge in [0.25, 0.3) is 0 Å². The highest BCUT2D eigenvalue weighted by molar-refractivity contribution is 5.89. The quantitative estimate of drug-likeness (QED) is 0.319. The molecule has 0 aliphatic heterocycles. The number of ether oxygens (including phenoxy) is 3. The Labute approximate surface area is 197 Å². The van der Waals surface area contributed by atoms with Gasteiger partial charge in [-0.15, -0.1) is 0 Å². The van der Waals surface area contributed by atoms with Crippen molar-refractivity contribution in [3.8, 4) is 16.9 Å². The van der Waals surface area contributed by atoms with Crippen molar-refractivity contribution in [2.45, 2.75) is 39.4 Å². The van der Waals surface area contributed by atoms with Crippen molar-refractivity contribution in [1.82, 2.24) is 0 Å². The Morgan fingerprint density at radius 2 is 1.47 bits per heavy atom. The standard InChI is InChI=1S/C27H25FO6/c1-14(2)25(29)32-19-8-10-20(22(28)13-19)17-7-9-21-18(11-17)12-23(33-26(30)15(3)4)24(21)34-27(31)16(5)6/h7-11,13,23-24H,1,3,5,12H2,2,4,6H3. The minimum Gasteiger partial charge on any atom is -0.454 e. The predicted molar refractivity (Wildman–Crippen MR) is 124 cm³/mol. The monoisotopic (exact) mass is 464 g/mol. The number of halogens is 1. The van der Waals surface area contributed by atoms with E-state index in [1.165, 1.54) is 32.9 Å². The molecular weight excluding hydrogens is 439 g/mol. The van der Waals surface area contributed by atoms with Crippen molar-refractivity contribution >= 4 is 17.9 Å². The zero-order valence-electron chi connectivity index (χ0n) is 19.3. The minimum absolute atomic E-state index is 0.0638. The molecule has 2 aromatic carbocycles. The molecule has 0 fully saturated rings. The Morgan fingerprint density at radius 1 is 0.853 bits per heavy atom. The number of fused-ring (bicyclic) bond motifs is 1. The third-order valence-electron chi connectivity index (χ3n) is 5.21. The van der Waals surface area contributed by atoms with Crippen LogP contribution in [0.15, 0.2) is 72.9 Å². The van der Waals surface area contributed by atoms with E-state index in [2.05, 4.69) is 19.7 Å². The van der Waals surface area contributed by atoms with Gasteiger partial charge < -0.3 is 14.2 Å². The van der Waals surface area contributed by atoms with E-state index in [0.29, 0.717) is 11.1 Å². The summed E-state index contributed by atoms with van der Waals surface area (Å²) < 4.78 is 31.0. The molecule has 176 valence electrons. The molecule has 2 atom stereocenters. The number of carbonyl (C=O) groups is 3. The van der Waals surface area contributed by atoms with E-state index in [0.717, 1.165) is 11.6 Å². The second-order valence-corrected chi connectivity index (χ2v) is 8.26. The summed E-state index contributed by atoms with van der Waals surface area (Å²) >= 11 is 0. The van der Waals surface area contributed by atoms with Gasteiger partial charge in [-0.05, 0) is 49.6 Å². The molecule has 1 aliphatic carbocycles. The van der Waals surface area contributed by atoms with Crippen LogP contribution in [0.5, 0.6) is 5.75 Å². The van der Waals surface area contributed by atoms with E-state index < -0.39 is 35.9 Å². The summed E-state index contributed by atoms with van der Waals surface area (Å²) in [5, 5.41) is 0. The van der Waals surface area contributed by atoms with Gasteiger partial charge in [0.1, 0.15) is 17.7 Å². The normalized spacial score (nSPS) is 16.2. The molecule has 2 aromatic rings. The smallest absolute Gasteiger partial charge is 0.338 e. The third-order valence-corrected chi connectivity index (χ3v) is 5.21. The maximum atomic E-state index is 14.8. The first-order chi connectivity index (χ1) is 16.0. The third kappa shape index (κ3) is 5.31. The van der Waals surface area contributed by atoms with Gasteiger partial charge in [0.05, 0.1) is 0 Å². The first-order valence-electron chi connectivity index (χ1n) is 10.5. The molecule has 0 heterocycles. The van der Waals surface area contributed by atoms with Crippen molar-refractivity contribution in [2.24, 2.45) is 0 Å². The molecule has 2 unspecified atom stereocenters. The molecule has 0 N–H and O–H groups in total. The van der Waals surface area contributed by atoms with E-state index in [9.17, 15) is 18.8 Å². The molecule has 0 aromatic heterocycles. The van der Waals surface area contributed by atoms with E-state index in [1.807, 2.05) is 0 Å². The van der Waals surface area contributed by atoms with Crippen molar-refractivity contribution < 1.29 is 33.0 Å². The lowest BCUT2D eigenvalue weighted by Gasteiger charge is -2.21. The molecule has 0 spiro atoms. The molecule has 0 saturated heterocycles. The van der Waals surface area contributed by atoms with Gasteiger partial charge in [0.2, 0.25) is 0 Å². The lowest BCUT2D eigenvalue weighted by Crippen LogP contribution is -2.26. The van der Waals surface area contributed by atoms with Crippen LogP contribution in [0.2, 0.25) is 0 Å². The predicted octanol–water partition coefficient (Wildman–Crippen LogP) is 5.18. The summed E-state index contributed by atoms with van der Waals surface area (Å²) in [5.74, 6) is -2.37. The second kappa shape index (κ2) is 9.87. The molecule has 0 bridgehead atoms. The molecule has 0 saturated carbocycles. The molecule has 0 amide bonds. The van der Waals surface area contributed by atoms with Gasteiger partial charge in [0, 0.05) is 34.8 Å². The van der Waals surface area contributed by atoms with E-state index in [4.69, 9.17) is 14.2 Å². The number of esters is 3. The van der Waals surface area contributed by atoms with Crippen molar-refractivity contribution in [3.05, 3.63) is 89.8 Å². The largest absolute Gasteiger partial charge is 0.454 e. The highest BCUT2D eigenvalue weighted by atomic mass is 19.1. The Bertz CT molecular complexity index is 1230. The van der Waals surface area contributed by atoms with E-state index in [-0.39, 0.29) is 34.5 Å². The Morgan fingerprint density at radius 3 is 2.06 bits per heavy atom. The van der Waals surface area contributed by atoms with E-state index in [1.54, 1.807) is 18.2 Å². The highest BCUT2D eigenvalue weighted by Crippen LogP contribution is 2.39. The lowest BCUT2D eigenvalue weighted by molar-refractivity contribution is -0.161. The van der Waals surface area contributed by atoms with E-state index >= 15 is 0 Å². The average molecular weight is 464 g/mol. The lowest BCUT2D eigenvalue weighted by atomic mass is 9.99. The molecule has 6 nitrogen and oxygen atoms in total. The zero-order chi connectivity index (χ0) is 25.2. The molecule has 1 aliphatic rings. The molecule has 0 radical (unpaired) electrons. The van der Waals surface area contributed by atoms with Crippen LogP contribution in [0, 0.1) is 5.82 Å². The molecule has 34 heavy (non-hydrogen) atoms. The summed E-state index contributed by atoms with van der Waals surface area (Å²) in [6, 6.07) is 9.26. The van der Waals surface area contributed by atoms with Crippen LogP contribution in [0.1, 0.15) is 38.0 Å². The summed E-state index contributed by atoms with van der Waals surface area (Å²) in [4.78, 5) is 36.0. The van der Waals surface area contributed by atoms with Crippen LogP contribution in [0.25, 0.3) is 11.1 Å². The Kier molecular flexibility index (Phi) is 7.15. The number of rotatable bonds is 7. The Balaban J connectivity index is 1.92. The molecular formula is C27H25FO6. The maximum Gasteiger partial charge on any atom is 0.338 e. The summed E-state index contributed by atoms with van der Waals surface area (Å²) in [7, 11) is 0. The highest BCUT2D eigenvalue weighted by Gasteiger charge is 2.38. The fraction of sp³-hybridized carbons (Fsp3) is 0.222. The molecule has 7 heteroatoms. The van der Waals surface area contributed by atoms with Crippen molar-refractivity contribution in [2.75, 3.05) is 0 Å². The number of hydrogen-bond donors (Lipinski definition) is 0. The van der Waals surface area contributed by atoms with Gasteiger partial charge in [0.15, 0.2) is 6.10 Å². The van der Waals surface area contributed by atoms with Crippen molar-refractivity contribution in [3.63, 3.8) is 0 Å². The van der Waals surface area contributed by atoms with Gasteiger partial charge in [-0.2, -0.15) is 0 Å². The summed E-state index contributed by atoms with van der Waals surface area (Å²) in [6.45, 7) is 15.2. The van der Waals surface area contributed by atoms with Crippen LogP contribution in [0.4, 0.5) is 4.39 Å². The first kappa shape index (κ1) is 24.6. The first-order valence-corrected chi connectivity index (χ1v) is 10.5. The Hall–Kier alpha value is -4.00. The van der Waals surface area contributed by atoms with Gasteiger partial charge in [-0.25, -0.2) is 18.8 Å². The van der Waals surface area contributed by atoms with Crippen LogP contribution in [-0.4, -0.2) is 24.0 Å². The number of carbonyl (C=O) groups excluding carboxylic acids is 3. The second-order valence-electron chi connectivity index (χ2n) is 8.26. The summed E-state index contributed by atoms with van der Waals surface area (Å²) in [6.07, 6.45) is -1.32. The number of benzene rings is 2. The van der Waals surface area contributed by atoms with Crippen LogP contribution >= 0.6 is 0 Å². The number of hydrogen-bond acceptors (Lipinski definition) is 6. The summed E-state index contributed by atoms with van der Waals surface area (Å²) in [5.41, 5.74) is 2.88. The SMILES string of the molecule is C=C(C)C(=O)Oc1ccc(-c2ccc3c(c2)CC(OC(=O)C(=C)C)C3OC(=O)C(=C)C)c(F)c1. The minimum atomic E-state index is -0.828. The fourth-order valence-electron chi connectivity index (χ4n) is 3.44.